The molecule has 0 heterocycles. The zero-order valence-corrected chi connectivity index (χ0v) is 11.6. The van der Waals surface area contributed by atoms with E-state index in [1.807, 2.05) is 18.2 Å². The van der Waals surface area contributed by atoms with E-state index in [2.05, 4.69) is 12.1 Å². The summed E-state index contributed by atoms with van der Waals surface area (Å²) < 4.78 is 26.7. The predicted molar refractivity (Wildman–Crippen MR) is 76.6 cm³/mol. The fraction of sp³-hybridized carbons (Fsp3) is 0.278. The highest BCUT2D eigenvalue weighted by atomic mass is 19.1. The van der Waals surface area contributed by atoms with Gasteiger partial charge in [-0.05, 0) is 54.5 Å². The van der Waals surface area contributed by atoms with Crippen LogP contribution >= 0.6 is 0 Å². The fourth-order valence-corrected chi connectivity index (χ4v) is 3.19. The summed E-state index contributed by atoms with van der Waals surface area (Å²) in [6.07, 6.45) is 2.57. The van der Waals surface area contributed by atoms with Crippen molar-refractivity contribution in [1.82, 2.24) is 0 Å². The molecule has 106 valence electrons. The molecule has 0 fully saturated rings. The van der Waals surface area contributed by atoms with Gasteiger partial charge in [-0.25, -0.2) is 8.78 Å². The van der Waals surface area contributed by atoms with E-state index in [9.17, 15) is 14.0 Å². The van der Waals surface area contributed by atoms with Gasteiger partial charge in [-0.3, -0.25) is 0 Å². The topological polar surface area (TPSA) is 23.8 Å². The van der Waals surface area contributed by atoms with Crippen molar-refractivity contribution in [3.05, 3.63) is 70.8 Å². The van der Waals surface area contributed by atoms with Crippen LogP contribution in [0.25, 0.3) is 0 Å². The third-order valence-electron chi connectivity index (χ3n) is 4.22. The largest absolute Gasteiger partial charge is 0.207 e. The summed E-state index contributed by atoms with van der Waals surface area (Å²) in [6.45, 7) is 0. The van der Waals surface area contributed by atoms with Crippen molar-refractivity contribution in [3.63, 3.8) is 0 Å². The molecule has 1 nitrogen and oxygen atoms in total. The first-order chi connectivity index (χ1) is 10.1. The molecule has 0 amide bonds. The van der Waals surface area contributed by atoms with Crippen LogP contribution in [0.15, 0.2) is 42.5 Å². The summed E-state index contributed by atoms with van der Waals surface area (Å²) in [5, 5.41) is 9.63. The SMILES string of the molecule is N#CC1(Cc2cc(F)cc(F)c2)CCc2ccccc2C1. The van der Waals surface area contributed by atoms with Crippen LogP contribution in [0.1, 0.15) is 23.1 Å². The minimum Gasteiger partial charge on any atom is -0.207 e. The quantitative estimate of drug-likeness (QED) is 0.810. The molecule has 0 aromatic heterocycles. The van der Waals surface area contributed by atoms with Gasteiger partial charge < -0.3 is 0 Å². The van der Waals surface area contributed by atoms with Crippen LogP contribution < -0.4 is 0 Å². The third kappa shape index (κ3) is 2.80. The number of benzene rings is 2. The van der Waals surface area contributed by atoms with Crippen LogP contribution in [0.3, 0.4) is 0 Å². The van der Waals surface area contributed by atoms with Crippen molar-refractivity contribution in [2.45, 2.75) is 25.7 Å². The molecule has 0 aliphatic heterocycles. The number of fused-ring (bicyclic) bond motifs is 1. The summed E-state index contributed by atoms with van der Waals surface area (Å²) in [5.41, 5.74) is 2.42. The van der Waals surface area contributed by atoms with E-state index in [0.717, 1.165) is 18.9 Å². The van der Waals surface area contributed by atoms with E-state index < -0.39 is 17.0 Å². The van der Waals surface area contributed by atoms with Crippen LogP contribution in [-0.4, -0.2) is 0 Å². The van der Waals surface area contributed by atoms with Gasteiger partial charge in [-0.1, -0.05) is 24.3 Å². The minimum atomic E-state index is -0.589. The van der Waals surface area contributed by atoms with E-state index in [-0.39, 0.29) is 0 Å². The predicted octanol–water partition coefficient (Wildman–Crippen LogP) is 4.21. The standard InChI is InChI=1S/C18H15F2N/c19-16-7-13(8-17(20)9-16)10-18(12-21)6-5-14-3-1-2-4-15(14)11-18/h1-4,7-9H,5-6,10-11H2. The summed E-state index contributed by atoms with van der Waals surface area (Å²) in [5.74, 6) is -1.18. The summed E-state index contributed by atoms with van der Waals surface area (Å²) in [7, 11) is 0. The molecule has 0 radical (unpaired) electrons. The Morgan fingerprint density at radius 1 is 1.05 bits per heavy atom. The van der Waals surface area contributed by atoms with Gasteiger partial charge in [0.25, 0.3) is 0 Å². The van der Waals surface area contributed by atoms with E-state index in [1.165, 1.54) is 23.3 Å². The smallest absolute Gasteiger partial charge is 0.126 e. The molecule has 21 heavy (non-hydrogen) atoms. The van der Waals surface area contributed by atoms with Crippen LogP contribution in [-0.2, 0) is 19.3 Å². The first kappa shape index (κ1) is 13.8. The van der Waals surface area contributed by atoms with Gasteiger partial charge in [0.1, 0.15) is 11.6 Å². The summed E-state index contributed by atoms with van der Waals surface area (Å²) >= 11 is 0. The van der Waals surface area contributed by atoms with Crippen molar-refractivity contribution in [2.24, 2.45) is 5.41 Å². The monoisotopic (exact) mass is 283 g/mol. The maximum atomic E-state index is 13.3. The van der Waals surface area contributed by atoms with Crippen molar-refractivity contribution in [3.8, 4) is 6.07 Å². The lowest BCUT2D eigenvalue weighted by Gasteiger charge is -2.32. The Balaban J connectivity index is 1.91. The second kappa shape index (κ2) is 5.29. The lowest BCUT2D eigenvalue weighted by atomic mass is 9.69. The first-order valence-electron chi connectivity index (χ1n) is 7.03. The third-order valence-corrected chi connectivity index (χ3v) is 4.22. The van der Waals surface area contributed by atoms with Gasteiger partial charge in [0.15, 0.2) is 0 Å². The second-order valence-corrected chi connectivity index (χ2v) is 5.79. The Morgan fingerprint density at radius 3 is 2.38 bits per heavy atom. The molecule has 0 spiro atoms. The van der Waals surface area contributed by atoms with Crippen LogP contribution in [0.4, 0.5) is 8.78 Å². The number of nitriles is 1. The number of rotatable bonds is 2. The Hall–Kier alpha value is -2.21. The lowest BCUT2D eigenvalue weighted by Crippen LogP contribution is -2.29. The van der Waals surface area contributed by atoms with Crippen molar-refractivity contribution in [1.29, 1.82) is 5.26 Å². The molecular formula is C18H15F2N. The highest BCUT2D eigenvalue weighted by molar-refractivity contribution is 5.34. The van der Waals surface area contributed by atoms with E-state index in [0.29, 0.717) is 18.4 Å². The first-order valence-corrected chi connectivity index (χ1v) is 7.03. The average Bonchev–Trinajstić information content (AvgIpc) is 2.46. The van der Waals surface area contributed by atoms with Crippen LogP contribution in [0.2, 0.25) is 0 Å². The normalized spacial score (nSPS) is 20.6. The molecule has 1 unspecified atom stereocenters. The van der Waals surface area contributed by atoms with Gasteiger partial charge >= 0.3 is 0 Å². The zero-order chi connectivity index (χ0) is 14.9. The maximum Gasteiger partial charge on any atom is 0.126 e. The van der Waals surface area contributed by atoms with Crippen molar-refractivity contribution >= 4 is 0 Å². The molecule has 0 N–H and O–H groups in total. The van der Waals surface area contributed by atoms with Gasteiger partial charge in [0, 0.05) is 6.07 Å². The molecule has 0 bridgehead atoms. The molecule has 1 aliphatic rings. The fourth-order valence-electron chi connectivity index (χ4n) is 3.19. The number of hydrogen-bond donors (Lipinski definition) is 0. The molecule has 3 heteroatoms. The molecule has 2 aromatic carbocycles. The molecular weight excluding hydrogens is 268 g/mol. The number of aryl methyl sites for hydroxylation is 1. The van der Waals surface area contributed by atoms with E-state index in [1.54, 1.807) is 0 Å². The van der Waals surface area contributed by atoms with Gasteiger partial charge in [-0.2, -0.15) is 5.26 Å². The molecule has 1 atom stereocenters. The van der Waals surface area contributed by atoms with E-state index >= 15 is 0 Å². The van der Waals surface area contributed by atoms with Crippen LogP contribution in [0, 0.1) is 28.4 Å². The molecule has 2 aromatic rings. The summed E-state index contributed by atoms with van der Waals surface area (Å²) in [6, 6.07) is 14.0. The summed E-state index contributed by atoms with van der Waals surface area (Å²) in [4.78, 5) is 0. The molecule has 3 rings (SSSR count). The number of nitrogens with zero attached hydrogens (tertiary/aromatic N) is 1. The number of halogens is 2. The Kier molecular flexibility index (Phi) is 3.47. The Labute approximate surface area is 122 Å². The van der Waals surface area contributed by atoms with Gasteiger partial charge in [-0.15, -0.1) is 0 Å². The number of hydrogen-bond acceptors (Lipinski definition) is 1. The highest BCUT2D eigenvalue weighted by Crippen LogP contribution is 2.38. The van der Waals surface area contributed by atoms with Gasteiger partial charge in [0.2, 0.25) is 0 Å². The molecule has 0 saturated heterocycles. The lowest BCUT2D eigenvalue weighted by molar-refractivity contribution is 0.338. The molecule has 0 saturated carbocycles. The Morgan fingerprint density at radius 2 is 1.71 bits per heavy atom. The highest BCUT2D eigenvalue weighted by Gasteiger charge is 2.34. The Bertz CT molecular complexity index is 697. The van der Waals surface area contributed by atoms with Crippen molar-refractivity contribution < 1.29 is 8.78 Å². The molecule has 1 aliphatic carbocycles. The van der Waals surface area contributed by atoms with E-state index in [4.69, 9.17) is 0 Å². The maximum absolute atomic E-state index is 13.3. The zero-order valence-electron chi connectivity index (χ0n) is 11.6. The second-order valence-electron chi connectivity index (χ2n) is 5.79. The van der Waals surface area contributed by atoms with Crippen molar-refractivity contribution in [2.75, 3.05) is 0 Å². The average molecular weight is 283 g/mol. The van der Waals surface area contributed by atoms with Gasteiger partial charge in [0.05, 0.1) is 11.5 Å². The van der Waals surface area contributed by atoms with Crippen LogP contribution in [0.5, 0.6) is 0 Å². The minimum absolute atomic E-state index is 0.381.